The molecule has 1 aromatic heterocycles. The van der Waals surface area contributed by atoms with E-state index in [9.17, 15) is 4.21 Å². The summed E-state index contributed by atoms with van der Waals surface area (Å²) in [6.07, 6.45) is 5.33. The van der Waals surface area contributed by atoms with E-state index in [1.165, 1.54) is 11.8 Å². The van der Waals surface area contributed by atoms with Crippen molar-refractivity contribution in [1.82, 2.24) is 9.97 Å². The Morgan fingerprint density at radius 2 is 1.82 bits per heavy atom. The Morgan fingerprint density at radius 3 is 2.25 bits per heavy atom. The lowest BCUT2D eigenvalue weighted by atomic mass is 9.86. The third-order valence-corrected chi connectivity index (χ3v) is 11.7. The zero-order chi connectivity index (χ0) is 22.0. The summed E-state index contributed by atoms with van der Waals surface area (Å²) in [4.78, 5) is 8.74. The average Bonchev–Trinajstić information content (AvgIpc) is 2.55. The van der Waals surface area contributed by atoms with Crippen LogP contribution in [0.3, 0.4) is 0 Å². The lowest BCUT2D eigenvalue weighted by Gasteiger charge is -2.39. The fourth-order valence-corrected chi connectivity index (χ4v) is 4.36. The topological polar surface area (TPSA) is 64.4 Å². The summed E-state index contributed by atoms with van der Waals surface area (Å²) in [7, 11) is -3.38. The van der Waals surface area contributed by atoms with Gasteiger partial charge in [0.2, 0.25) is 0 Å². The summed E-state index contributed by atoms with van der Waals surface area (Å²) < 4.78 is 22.9. The first-order chi connectivity index (χ1) is 12.5. The minimum Gasteiger partial charge on any atom is -0.416 e. The molecule has 9 heteroatoms. The molecule has 0 saturated carbocycles. The second-order valence-corrected chi connectivity index (χ2v) is 17.5. The van der Waals surface area contributed by atoms with Crippen LogP contribution in [0, 0.1) is 0 Å². The Labute approximate surface area is 183 Å². The molecule has 1 heterocycles. The van der Waals surface area contributed by atoms with Crippen LogP contribution in [-0.4, -0.2) is 46.3 Å². The number of nitrogens with zero attached hydrogens (tertiary/aromatic N) is 3. The van der Waals surface area contributed by atoms with Crippen LogP contribution in [-0.2, 0) is 20.8 Å². The van der Waals surface area contributed by atoms with Gasteiger partial charge in [-0.25, -0.2) is 14.2 Å². The van der Waals surface area contributed by atoms with Gasteiger partial charge in [-0.3, -0.25) is 0 Å². The molecular weight excluding hydrogens is 430 g/mol. The quantitative estimate of drug-likeness (QED) is 0.171. The molecule has 0 amide bonds. The summed E-state index contributed by atoms with van der Waals surface area (Å²) in [6, 6.07) is 0. The molecule has 0 N–H and O–H groups in total. The summed E-state index contributed by atoms with van der Waals surface area (Å²) in [6.45, 7) is 19.0. The van der Waals surface area contributed by atoms with Crippen LogP contribution in [0.1, 0.15) is 54.0 Å². The highest BCUT2D eigenvalue weighted by atomic mass is 35.5. The van der Waals surface area contributed by atoms with E-state index >= 15 is 0 Å². The summed E-state index contributed by atoms with van der Waals surface area (Å²) in [5, 5.41) is 1.05. The lowest BCUT2D eigenvalue weighted by Crippen LogP contribution is -2.45. The molecule has 0 aliphatic rings. The predicted octanol–water partition coefficient (Wildman–Crippen LogP) is 5.66. The van der Waals surface area contributed by atoms with E-state index in [0.717, 1.165) is 5.56 Å². The molecular formula is C19H34ClN3O2S2Si. The van der Waals surface area contributed by atoms with Gasteiger partial charge >= 0.3 is 0 Å². The number of halogens is 1. The fourth-order valence-electron chi connectivity index (χ4n) is 1.88. The van der Waals surface area contributed by atoms with Crippen molar-refractivity contribution in [2.75, 3.05) is 12.9 Å². The molecule has 0 fully saturated rings. The van der Waals surface area contributed by atoms with Crippen molar-refractivity contribution in [3.8, 4) is 0 Å². The fraction of sp³-hybridized carbons (Fsp3) is 0.737. The van der Waals surface area contributed by atoms with Crippen LogP contribution in [0.4, 0.5) is 0 Å². The van der Waals surface area contributed by atoms with E-state index in [-0.39, 0.29) is 5.04 Å². The van der Waals surface area contributed by atoms with E-state index < -0.39 is 29.5 Å². The highest BCUT2D eigenvalue weighted by Crippen LogP contribution is 2.38. The highest BCUT2D eigenvalue weighted by molar-refractivity contribution is 7.98. The number of aromatic nitrogens is 2. The van der Waals surface area contributed by atoms with Crippen molar-refractivity contribution >= 4 is 48.9 Å². The molecule has 2 atom stereocenters. The van der Waals surface area contributed by atoms with Gasteiger partial charge in [0, 0.05) is 24.6 Å². The molecule has 0 saturated heterocycles. The molecule has 160 valence electrons. The lowest BCUT2D eigenvalue weighted by molar-refractivity contribution is 0.247. The molecule has 0 aliphatic heterocycles. The van der Waals surface area contributed by atoms with Crippen molar-refractivity contribution in [3.05, 3.63) is 16.9 Å². The van der Waals surface area contributed by atoms with Crippen LogP contribution in [0.2, 0.25) is 23.3 Å². The minimum atomic E-state index is -2.00. The zero-order valence-corrected chi connectivity index (χ0v) is 22.1. The van der Waals surface area contributed by atoms with Gasteiger partial charge in [-0.15, -0.1) is 0 Å². The maximum Gasteiger partial charge on any atom is 0.192 e. The largest absolute Gasteiger partial charge is 0.416 e. The maximum atomic E-state index is 12.5. The summed E-state index contributed by atoms with van der Waals surface area (Å²) in [5.74, 6) is 0. The van der Waals surface area contributed by atoms with E-state index in [0.29, 0.717) is 16.9 Å². The van der Waals surface area contributed by atoms with E-state index in [4.69, 9.17) is 16.0 Å². The molecule has 1 aromatic rings. The Kier molecular flexibility index (Phi) is 8.50. The van der Waals surface area contributed by atoms with Crippen LogP contribution >= 0.6 is 23.4 Å². The number of rotatable bonds is 7. The van der Waals surface area contributed by atoms with Crippen LogP contribution in [0.15, 0.2) is 15.8 Å². The molecule has 0 spiro atoms. The first-order valence-electron chi connectivity index (χ1n) is 9.22. The summed E-state index contributed by atoms with van der Waals surface area (Å²) >= 11 is 7.92. The second-order valence-electron chi connectivity index (χ2n) is 9.62. The molecule has 0 radical (unpaired) electrons. The Morgan fingerprint density at radius 1 is 1.25 bits per heavy atom. The number of thioether (sulfide) groups is 1. The molecule has 28 heavy (non-hydrogen) atoms. The standard InChI is InChI=1S/C19H34ClN3O2S2Si/c1-17(2,3)27(24)22-12-19(7,13-25-28(9,10)18(4,5)6)14-11-21-16(26-8)23-15(14)20/h11-12H,13H2,1-10H3/b22-12+/t19-,27+/m1/s1. The third-order valence-electron chi connectivity index (χ3n) is 5.01. The Hall–Kier alpha value is -0.283. The van der Waals surface area contributed by atoms with Gasteiger partial charge in [-0.1, -0.05) is 44.1 Å². The molecule has 5 nitrogen and oxygen atoms in total. The number of hydrogen-bond acceptors (Lipinski definition) is 5. The normalized spacial score (nSPS) is 17.0. The zero-order valence-electron chi connectivity index (χ0n) is 18.7. The Balaban J connectivity index is 3.35. The highest BCUT2D eigenvalue weighted by Gasteiger charge is 2.40. The minimum absolute atomic E-state index is 0.0717. The van der Waals surface area contributed by atoms with Crippen LogP contribution in [0.25, 0.3) is 0 Å². The van der Waals surface area contributed by atoms with Crippen molar-refractivity contribution in [3.63, 3.8) is 0 Å². The Bertz CT molecular complexity index is 746. The van der Waals surface area contributed by atoms with Crippen molar-refractivity contribution < 1.29 is 8.63 Å². The smallest absolute Gasteiger partial charge is 0.192 e. The van der Waals surface area contributed by atoms with Crippen LogP contribution in [0.5, 0.6) is 0 Å². The van der Waals surface area contributed by atoms with E-state index in [1.54, 1.807) is 12.4 Å². The first kappa shape index (κ1) is 25.8. The van der Waals surface area contributed by atoms with Gasteiger partial charge in [0.15, 0.2) is 13.5 Å². The molecule has 0 aromatic carbocycles. The molecule has 0 unspecified atom stereocenters. The average molecular weight is 464 g/mol. The SMILES string of the molecule is CSc1ncc([C@](C)(/C=N/[S@@](=O)C(C)(C)C)CO[Si](C)(C)C(C)(C)C)c(Cl)n1. The predicted molar refractivity (Wildman–Crippen MR) is 126 cm³/mol. The van der Waals surface area contributed by atoms with Gasteiger partial charge in [0.05, 0.1) is 10.2 Å². The molecule has 0 aliphatic carbocycles. The first-order valence-corrected chi connectivity index (χ1v) is 14.8. The van der Waals surface area contributed by atoms with Crippen molar-refractivity contribution in [2.24, 2.45) is 4.40 Å². The number of hydrogen-bond donors (Lipinski definition) is 0. The molecule has 0 bridgehead atoms. The summed E-state index contributed by atoms with van der Waals surface area (Å²) in [5.41, 5.74) is 0.0325. The van der Waals surface area contributed by atoms with Gasteiger partial charge < -0.3 is 4.43 Å². The van der Waals surface area contributed by atoms with Crippen molar-refractivity contribution in [2.45, 2.75) is 81.9 Å². The van der Waals surface area contributed by atoms with E-state index in [1.807, 2.05) is 34.0 Å². The van der Waals surface area contributed by atoms with E-state index in [2.05, 4.69) is 48.2 Å². The maximum absolute atomic E-state index is 12.5. The van der Waals surface area contributed by atoms with Gasteiger partial charge in [0.1, 0.15) is 16.1 Å². The monoisotopic (exact) mass is 463 g/mol. The van der Waals surface area contributed by atoms with Gasteiger partial charge in [-0.2, -0.15) is 4.40 Å². The van der Waals surface area contributed by atoms with Gasteiger partial charge in [0.25, 0.3) is 0 Å². The van der Waals surface area contributed by atoms with Gasteiger partial charge in [-0.05, 0) is 52.1 Å². The van der Waals surface area contributed by atoms with Crippen molar-refractivity contribution in [1.29, 1.82) is 0 Å². The third kappa shape index (κ3) is 6.62. The van der Waals surface area contributed by atoms with Crippen LogP contribution < -0.4 is 0 Å². The molecule has 1 rings (SSSR count). The second kappa shape index (κ2) is 9.25.